The molecule has 22 heavy (non-hydrogen) atoms. The molecule has 118 valence electrons. The molecule has 0 amide bonds. The van der Waals surface area contributed by atoms with Crippen LogP contribution in [-0.2, 0) is 10.0 Å². The Balaban J connectivity index is 1.94. The highest BCUT2D eigenvalue weighted by Gasteiger charge is 2.35. The first kappa shape index (κ1) is 15.3. The summed E-state index contributed by atoms with van der Waals surface area (Å²) in [5.74, 6) is 0.567. The third-order valence-corrected chi connectivity index (χ3v) is 5.64. The molecule has 3 heterocycles. The molecule has 1 atom stereocenters. The van der Waals surface area contributed by atoms with Crippen molar-refractivity contribution in [2.24, 2.45) is 0 Å². The number of anilines is 2. The predicted octanol–water partition coefficient (Wildman–Crippen LogP) is 2.08. The fourth-order valence-electron chi connectivity index (χ4n) is 2.61. The molecule has 2 aromatic heterocycles. The van der Waals surface area contributed by atoms with E-state index in [1.165, 1.54) is 21.9 Å². The van der Waals surface area contributed by atoms with Crippen LogP contribution in [0, 0.1) is 6.92 Å². The van der Waals surface area contributed by atoms with Gasteiger partial charge in [-0.3, -0.25) is 4.98 Å². The molecule has 3 rings (SSSR count). The van der Waals surface area contributed by atoms with Gasteiger partial charge in [0.1, 0.15) is 5.69 Å². The van der Waals surface area contributed by atoms with Crippen LogP contribution >= 0.6 is 11.3 Å². The van der Waals surface area contributed by atoms with Crippen molar-refractivity contribution in [3.05, 3.63) is 29.2 Å². The minimum atomic E-state index is -3.26. The molecule has 0 unspecified atom stereocenters. The summed E-state index contributed by atoms with van der Waals surface area (Å²) in [7, 11) is -3.26. The van der Waals surface area contributed by atoms with Gasteiger partial charge in [0.05, 0.1) is 12.3 Å². The summed E-state index contributed by atoms with van der Waals surface area (Å²) >= 11 is 1.52. The molecule has 1 aliphatic rings. The largest absolute Gasteiger partial charge is 0.315 e. The summed E-state index contributed by atoms with van der Waals surface area (Å²) in [5, 5.41) is 3.88. The number of nitrogens with zero attached hydrogens (tertiary/aromatic N) is 4. The van der Waals surface area contributed by atoms with Crippen molar-refractivity contribution in [3.8, 4) is 0 Å². The Morgan fingerprint density at radius 2 is 2.09 bits per heavy atom. The molecule has 1 aliphatic heterocycles. The zero-order valence-corrected chi connectivity index (χ0v) is 14.0. The van der Waals surface area contributed by atoms with Gasteiger partial charge in [0, 0.05) is 30.0 Å². The Morgan fingerprint density at radius 3 is 2.77 bits per heavy atom. The lowest BCUT2D eigenvalue weighted by atomic mass is 10.1. The van der Waals surface area contributed by atoms with Gasteiger partial charge >= 0.3 is 0 Å². The summed E-state index contributed by atoms with van der Waals surface area (Å²) in [6.45, 7) is 2.50. The SMILES string of the molecule is Cc1cnc(Nc2nccnc2[C@H]2CCCN2S(C)(=O)=O)s1. The van der Waals surface area contributed by atoms with Crippen molar-refractivity contribution in [1.29, 1.82) is 0 Å². The predicted molar refractivity (Wildman–Crippen MR) is 85.7 cm³/mol. The molecule has 0 aromatic carbocycles. The van der Waals surface area contributed by atoms with E-state index in [4.69, 9.17) is 0 Å². The number of sulfonamides is 1. The third kappa shape index (κ3) is 3.11. The lowest BCUT2D eigenvalue weighted by Crippen LogP contribution is -2.30. The van der Waals surface area contributed by atoms with Crippen LogP contribution in [0.5, 0.6) is 0 Å². The molecule has 2 aromatic rings. The van der Waals surface area contributed by atoms with E-state index in [0.29, 0.717) is 18.1 Å². The second kappa shape index (κ2) is 5.90. The maximum atomic E-state index is 11.9. The highest BCUT2D eigenvalue weighted by atomic mass is 32.2. The molecule has 0 saturated carbocycles. The van der Waals surface area contributed by atoms with Gasteiger partial charge < -0.3 is 5.32 Å². The summed E-state index contributed by atoms with van der Waals surface area (Å²) in [6.07, 6.45) is 7.76. The van der Waals surface area contributed by atoms with Crippen LogP contribution in [0.2, 0.25) is 0 Å². The molecule has 0 spiro atoms. The van der Waals surface area contributed by atoms with Gasteiger partial charge in [0.15, 0.2) is 10.9 Å². The summed E-state index contributed by atoms with van der Waals surface area (Å²) < 4.78 is 25.4. The van der Waals surface area contributed by atoms with Crippen molar-refractivity contribution >= 4 is 32.3 Å². The molecule has 9 heteroatoms. The Bertz CT molecular complexity index is 774. The van der Waals surface area contributed by atoms with E-state index < -0.39 is 10.0 Å². The topological polar surface area (TPSA) is 88.1 Å². The summed E-state index contributed by atoms with van der Waals surface area (Å²) in [6, 6.07) is -0.271. The zero-order chi connectivity index (χ0) is 15.7. The van der Waals surface area contributed by atoms with Gasteiger partial charge in [-0.05, 0) is 19.8 Å². The minimum Gasteiger partial charge on any atom is -0.315 e. The fraction of sp³-hybridized carbons (Fsp3) is 0.462. The molecule has 1 fully saturated rings. The van der Waals surface area contributed by atoms with Crippen LogP contribution in [0.25, 0.3) is 0 Å². The first-order valence-electron chi connectivity index (χ1n) is 6.92. The van der Waals surface area contributed by atoms with E-state index in [2.05, 4.69) is 20.3 Å². The molecular weight excluding hydrogens is 322 g/mol. The van der Waals surface area contributed by atoms with Gasteiger partial charge in [-0.2, -0.15) is 4.31 Å². The second-order valence-electron chi connectivity index (χ2n) is 5.22. The number of hydrogen-bond acceptors (Lipinski definition) is 7. The number of aryl methyl sites for hydroxylation is 1. The van der Waals surface area contributed by atoms with Crippen molar-refractivity contribution in [2.45, 2.75) is 25.8 Å². The molecule has 7 nitrogen and oxygen atoms in total. The Kier molecular flexibility index (Phi) is 4.11. The molecule has 0 radical (unpaired) electrons. The smallest absolute Gasteiger partial charge is 0.211 e. The van der Waals surface area contributed by atoms with Crippen LogP contribution in [0.15, 0.2) is 18.6 Å². The maximum Gasteiger partial charge on any atom is 0.211 e. The van der Waals surface area contributed by atoms with Crippen LogP contribution in [0.4, 0.5) is 10.9 Å². The quantitative estimate of drug-likeness (QED) is 0.917. The average molecular weight is 339 g/mol. The second-order valence-corrected chi connectivity index (χ2v) is 8.39. The van der Waals surface area contributed by atoms with Gasteiger partial charge in [-0.25, -0.2) is 18.4 Å². The first-order chi connectivity index (χ1) is 10.4. The maximum absolute atomic E-state index is 11.9. The van der Waals surface area contributed by atoms with E-state index in [0.717, 1.165) is 22.9 Å². The molecular formula is C13H17N5O2S2. The van der Waals surface area contributed by atoms with Crippen LogP contribution in [0.1, 0.15) is 29.5 Å². The lowest BCUT2D eigenvalue weighted by molar-refractivity contribution is 0.394. The van der Waals surface area contributed by atoms with E-state index in [-0.39, 0.29) is 6.04 Å². The normalized spacial score (nSPS) is 19.5. The number of nitrogens with one attached hydrogen (secondary N) is 1. The molecule has 1 saturated heterocycles. The lowest BCUT2D eigenvalue weighted by Gasteiger charge is -2.22. The first-order valence-corrected chi connectivity index (χ1v) is 9.59. The van der Waals surface area contributed by atoms with Crippen LogP contribution < -0.4 is 5.32 Å². The highest BCUT2D eigenvalue weighted by Crippen LogP contribution is 2.36. The fourth-order valence-corrected chi connectivity index (χ4v) is 4.40. The van der Waals surface area contributed by atoms with Crippen molar-refractivity contribution in [2.75, 3.05) is 18.1 Å². The van der Waals surface area contributed by atoms with Crippen molar-refractivity contribution in [3.63, 3.8) is 0 Å². The number of aromatic nitrogens is 3. The monoisotopic (exact) mass is 339 g/mol. The van der Waals surface area contributed by atoms with Gasteiger partial charge in [-0.15, -0.1) is 11.3 Å². The minimum absolute atomic E-state index is 0.271. The zero-order valence-electron chi connectivity index (χ0n) is 12.4. The molecule has 0 bridgehead atoms. The van der Waals surface area contributed by atoms with Gasteiger partial charge in [0.25, 0.3) is 0 Å². The Morgan fingerprint density at radius 1 is 1.32 bits per heavy atom. The van der Waals surface area contributed by atoms with Gasteiger partial charge in [-0.1, -0.05) is 0 Å². The van der Waals surface area contributed by atoms with E-state index >= 15 is 0 Å². The number of thiazole rings is 1. The highest BCUT2D eigenvalue weighted by molar-refractivity contribution is 7.88. The third-order valence-electron chi connectivity index (χ3n) is 3.52. The molecule has 1 N–H and O–H groups in total. The summed E-state index contributed by atoms with van der Waals surface area (Å²) in [4.78, 5) is 14.0. The van der Waals surface area contributed by atoms with E-state index in [9.17, 15) is 8.42 Å². The van der Waals surface area contributed by atoms with E-state index in [1.807, 2.05) is 6.92 Å². The van der Waals surface area contributed by atoms with Crippen LogP contribution in [0.3, 0.4) is 0 Å². The van der Waals surface area contributed by atoms with Crippen LogP contribution in [-0.4, -0.2) is 40.5 Å². The number of rotatable bonds is 4. The standard InChI is InChI=1S/C13H17N5O2S2/c1-9-8-16-13(21-9)17-12-11(14-5-6-15-12)10-4-3-7-18(10)22(2,19)20/h5-6,8,10H,3-4,7H2,1-2H3,(H,15,16,17)/t10-/m1/s1. The van der Waals surface area contributed by atoms with E-state index in [1.54, 1.807) is 18.6 Å². The average Bonchev–Trinajstić information content (AvgIpc) is 3.08. The van der Waals surface area contributed by atoms with Gasteiger partial charge in [0.2, 0.25) is 10.0 Å². The summed E-state index contributed by atoms with van der Waals surface area (Å²) in [5.41, 5.74) is 0.651. The van der Waals surface area contributed by atoms with Crippen molar-refractivity contribution in [1.82, 2.24) is 19.3 Å². The number of hydrogen-bond donors (Lipinski definition) is 1. The molecule has 0 aliphatic carbocycles. The Labute approximate surface area is 133 Å². The Hall–Kier alpha value is -1.58. The van der Waals surface area contributed by atoms with Crippen molar-refractivity contribution < 1.29 is 8.42 Å².